The Morgan fingerprint density at radius 1 is 1.36 bits per heavy atom. The molecular formula is C16H15N3O2S. The first kappa shape index (κ1) is 13.5. The number of thiazole rings is 1. The van der Waals surface area contributed by atoms with E-state index in [1.165, 1.54) is 24.2 Å². The molecule has 5 nitrogen and oxygen atoms in total. The second-order valence-corrected chi connectivity index (χ2v) is 6.73. The lowest BCUT2D eigenvalue weighted by atomic mass is 10.3. The van der Waals surface area contributed by atoms with Crippen LogP contribution in [0.1, 0.15) is 45.0 Å². The van der Waals surface area contributed by atoms with Crippen LogP contribution in [0.25, 0.3) is 11.0 Å². The van der Waals surface area contributed by atoms with Crippen molar-refractivity contribution in [2.24, 2.45) is 0 Å². The van der Waals surface area contributed by atoms with E-state index in [1.807, 2.05) is 18.2 Å². The Bertz CT molecular complexity index is 877. The second kappa shape index (κ2) is 4.91. The van der Waals surface area contributed by atoms with Gasteiger partial charge in [0.1, 0.15) is 15.7 Å². The highest BCUT2D eigenvalue weighted by Gasteiger charge is 2.30. The maximum absolute atomic E-state index is 11.2. The summed E-state index contributed by atoms with van der Waals surface area (Å²) in [6.07, 6.45) is 2.36. The molecule has 0 saturated heterocycles. The monoisotopic (exact) mass is 313 g/mol. The van der Waals surface area contributed by atoms with Crippen LogP contribution in [0, 0.1) is 6.92 Å². The lowest BCUT2D eigenvalue weighted by Gasteiger charge is -2.06. The summed E-state index contributed by atoms with van der Waals surface area (Å²) in [5.41, 5.74) is 2.68. The Hall–Kier alpha value is -2.21. The molecule has 1 aromatic carbocycles. The van der Waals surface area contributed by atoms with Gasteiger partial charge in [0.15, 0.2) is 0 Å². The number of carbonyl (C=O) groups is 1. The molecule has 0 unspecified atom stereocenters. The summed E-state index contributed by atoms with van der Waals surface area (Å²) in [6, 6.07) is 8.08. The molecule has 0 atom stereocenters. The third kappa shape index (κ3) is 2.20. The molecule has 1 saturated carbocycles. The zero-order valence-corrected chi connectivity index (χ0v) is 12.9. The highest BCUT2D eigenvalue weighted by Crippen LogP contribution is 2.41. The van der Waals surface area contributed by atoms with Gasteiger partial charge in [-0.2, -0.15) is 0 Å². The first-order chi connectivity index (χ1) is 10.6. The summed E-state index contributed by atoms with van der Waals surface area (Å²) in [5.74, 6) is 0.734. The molecular weight excluding hydrogens is 298 g/mol. The first-order valence-electron chi connectivity index (χ1n) is 7.28. The summed E-state index contributed by atoms with van der Waals surface area (Å²) < 4.78 is 2.19. The van der Waals surface area contributed by atoms with Crippen LogP contribution in [0.5, 0.6) is 0 Å². The number of rotatable bonds is 4. The van der Waals surface area contributed by atoms with Crippen molar-refractivity contribution in [1.82, 2.24) is 14.5 Å². The van der Waals surface area contributed by atoms with Crippen LogP contribution in [0.2, 0.25) is 0 Å². The minimum atomic E-state index is -0.904. The minimum Gasteiger partial charge on any atom is -0.477 e. The van der Waals surface area contributed by atoms with Crippen LogP contribution >= 0.6 is 11.3 Å². The average Bonchev–Trinajstić information content (AvgIpc) is 3.18. The van der Waals surface area contributed by atoms with Crippen molar-refractivity contribution >= 4 is 28.3 Å². The predicted molar refractivity (Wildman–Crippen MR) is 84.6 cm³/mol. The summed E-state index contributed by atoms with van der Waals surface area (Å²) in [4.78, 5) is 20.7. The number of hydrogen-bond donors (Lipinski definition) is 1. The van der Waals surface area contributed by atoms with Crippen molar-refractivity contribution < 1.29 is 9.90 Å². The van der Waals surface area contributed by atoms with Crippen molar-refractivity contribution in [2.75, 3.05) is 0 Å². The van der Waals surface area contributed by atoms with Crippen LogP contribution in [0.4, 0.5) is 0 Å². The van der Waals surface area contributed by atoms with Crippen LogP contribution in [0.15, 0.2) is 24.3 Å². The van der Waals surface area contributed by atoms with Crippen molar-refractivity contribution in [3.63, 3.8) is 0 Å². The highest BCUT2D eigenvalue weighted by molar-refractivity contribution is 7.13. The van der Waals surface area contributed by atoms with Gasteiger partial charge in [0.05, 0.1) is 23.3 Å². The van der Waals surface area contributed by atoms with Crippen molar-refractivity contribution in [3.05, 3.63) is 45.7 Å². The Morgan fingerprint density at radius 2 is 2.14 bits per heavy atom. The molecule has 0 bridgehead atoms. The van der Waals surface area contributed by atoms with E-state index >= 15 is 0 Å². The fourth-order valence-corrected chi connectivity index (χ4v) is 3.66. The summed E-state index contributed by atoms with van der Waals surface area (Å²) >= 11 is 1.26. The van der Waals surface area contributed by atoms with E-state index in [0.717, 1.165) is 21.9 Å². The van der Waals surface area contributed by atoms with Gasteiger partial charge in [-0.25, -0.2) is 14.8 Å². The van der Waals surface area contributed by atoms with E-state index in [2.05, 4.69) is 15.6 Å². The minimum absolute atomic E-state index is 0.326. The van der Waals surface area contributed by atoms with E-state index in [0.29, 0.717) is 23.0 Å². The number of carboxylic acids is 1. The summed E-state index contributed by atoms with van der Waals surface area (Å²) in [6.45, 7) is 2.34. The lowest BCUT2D eigenvalue weighted by Crippen LogP contribution is -2.04. The van der Waals surface area contributed by atoms with Gasteiger partial charge in [-0.3, -0.25) is 0 Å². The van der Waals surface area contributed by atoms with Crippen molar-refractivity contribution in [3.8, 4) is 0 Å². The highest BCUT2D eigenvalue weighted by atomic mass is 32.1. The molecule has 0 amide bonds. The molecule has 0 radical (unpaired) electrons. The van der Waals surface area contributed by atoms with Crippen LogP contribution in [-0.2, 0) is 6.54 Å². The molecule has 0 spiro atoms. The molecule has 1 N–H and O–H groups in total. The quantitative estimate of drug-likeness (QED) is 0.801. The molecule has 1 fully saturated rings. The number of para-hydroxylation sites is 2. The number of imidazole rings is 1. The van der Waals surface area contributed by atoms with E-state index in [1.54, 1.807) is 6.92 Å². The summed E-state index contributed by atoms with van der Waals surface area (Å²) in [7, 11) is 0. The molecule has 2 aromatic heterocycles. The van der Waals surface area contributed by atoms with Gasteiger partial charge in [0, 0.05) is 5.92 Å². The van der Waals surface area contributed by atoms with Crippen molar-refractivity contribution in [2.45, 2.75) is 32.2 Å². The molecule has 1 aliphatic carbocycles. The summed E-state index contributed by atoms with van der Waals surface area (Å²) in [5, 5.41) is 10.0. The third-order valence-corrected chi connectivity index (χ3v) is 5.09. The Morgan fingerprint density at radius 3 is 2.82 bits per heavy atom. The number of aromatic carboxylic acids is 1. The van der Waals surface area contributed by atoms with Crippen LogP contribution in [-0.4, -0.2) is 25.6 Å². The predicted octanol–water partition coefficient (Wildman–Crippen LogP) is 3.43. The van der Waals surface area contributed by atoms with Crippen LogP contribution in [0.3, 0.4) is 0 Å². The molecule has 4 rings (SSSR count). The molecule has 2 heterocycles. The van der Waals surface area contributed by atoms with Gasteiger partial charge in [-0.1, -0.05) is 12.1 Å². The number of aryl methyl sites for hydroxylation is 1. The SMILES string of the molecule is Cc1nc(Cn2c(C3CC3)nc3ccccc32)sc1C(=O)O. The van der Waals surface area contributed by atoms with Gasteiger partial charge in [0.2, 0.25) is 0 Å². The van der Waals surface area contributed by atoms with Gasteiger partial charge in [0.25, 0.3) is 0 Å². The van der Waals surface area contributed by atoms with Gasteiger partial charge < -0.3 is 9.67 Å². The number of nitrogens with zero attached hydrogens (tertiary/aromatic N) is 3. The number of hydrogen-bond acceptors (Lipinski definition) is 4. The molecule has 6 heteroatoms. The van der Waals surface area contributed by atoms with E-state index in [-0.39, 0.29) is 0 Å². The standard InChI is InChI=1S/C16H15N3O2S/c1-9-14(16(20)21)22-13(17-9)8-19-12-5-3-2-4-11(12)18-15(19)10-6-7-10/h2-5,10H,6-8H2,1H3,(H,20,21). The molecule has 3 aromatic rings. The fraction of sp³-hybridized carbons (Fsp3) is 0.312. The Labute approximate surface area is 131 Å². The smallest absolute Gasteiger partial charge is 0.347 e. The molecule has 0 aliphatic heterocycles. The average molecular weight is 313 g/mol. The molecule has 22 heavy (non-hydrogen) atoms. The van der Waals surface area contributed by atoms with Crippen molar-refractivity contribution in [1.29, 1.82) is 0 Å². The normalized spacial score (nSPS) is 14.6. The Balaban J connectivity index is 1.79. The number of carboxylic acid groups (broad SMARTS) is 1. The first-order valence-corrected chi connectivity index (χ1v) is 8.10. The van der Waals surface area contributed by atoms with E-state index in [4.69, 9.17) is 4.98 Å². The van der Waals surface area contributed by atoms with E-state index < -0.39 is 5.97 Å². The maximum Gasteiger partial charge on any atom is 0.347 e. The number of fused-ring (bicyclic) bond motifs is 1. The Kier molecular flexibility index (Phi) is 3.00. The fourth-order valence-electron chi connectivity index (χ4n) is 2.77. The van der Waals surface area contributed by atoms with Gasteiger partial charge >= 0.3 is 5.97 Å². The largest absolute Gasteiger partial charge is 0.477 e. The number of benzene rings is 1. The second-order valence-electron chi connectivity index (χ2n) is 5.65. The maximum atomic E-state index is 11.2. The molecule has 112 valence electrons. The van der Waals surface area contributed by atoms with Crippen LogP contribution < -0.4 is 0 Å². The zero-order valence-electron chi connectivity index (χ0n) is 12.1. The zero-order chi connectivity index (χ0) is 15.3. The van der Waals surface area contributed by atoms with E-state index in [9.17, 15) is 9.90 Å². The van der Waals surface area contributed by atoms with Gasteiger partial charge in [-0.15, -0.1) is 11.3 Å². The lowest BCUT2D eigenvalue weighted by molar-refractivity contribution is 0.0701. The third-order valence-electron chi connectivity index (χ3n) is 3.96. The topological polar surface area (TPSA) is 68.0 Å². The van der Waals surface area contributed by atoms with Gasteiger partial charge in [-0.05, 0) is 31.9 Å². The number of aromatic nitrogens is 3. The molecule has 1 aliphatic rings.